The SMILES string of the molecule is CC[C@H](C)NC(=O)[C@@H](Cc1ccccc1)N(Cc1ccc(Cl)cc1)C(=O)CN(c1ccc(F)cc1)S(=O)(=O)c1ccc2c(c1)OCCO2. The first-order valence-electron chi connectivity index (χ1n) is 15.6. The maximum Gasteiger partial charge on any atom is 0.264 e. The monoisotopic (exact) mass is 693 g/mol. The number of hydrogen-bond donors (Lipinski definition) is 1. The lowest BCUT2D eigenvalue weighted by molar-refractivity contribution is -0.140. The Labute approximate surface area is 285 Å². The maximum absolute atomic E-state index is 14.6. The van der Waals surface area contributed by atoms with Crippen LogP contribution in [-0.2, 0) is 32.6 Å². The number of anilines is 1. The molecule has 0 saturated heterocycles. The van der Waals surface area contributed by atoms with Crippen LogP contribution in [0.4, 0.5) is 10.1 Å². The number of carbonyl (C=O) groups is 2. The zero-order valence-electron chi connectivity index (χ0n) is 26.6. The minimum Gasteiger partial charge on any atom is -0.486 e. The van der Waals surface area contributed by atoms with Crippen molar-refractivity contribution in [1.29, 1.82) is 0 Å². The van der Waals surface area contributed by atoms with Gasteiger partial charge in [-0.25, -0.2) is 12.8 Å². The number of amides is 2. The second-order valence-corrected chi connectivity index (χ2v) is 13.8. The van der Waals surface area contributed by atoms with Crippen LogP contribution in [0.2, 0.25) is 5.02 Å². The Morgan fingerprint density at radius 3 is 2.23 bits per heavy atom. The van der Waals surface area contributed by atoms with Crippen LogP contribution in [0, 0.1) is 5.82 Å². The Bertz CT molecular complexity index is 1830. The third-order valence-electron chi connectivity index (χ3n) is 8.03. The summed E-state index contributed by atoms with van der Waals surface area (Å²) < 4.78 is 54.7. The summed E-state index contributed by atoms with van der Waals surface area (Å²) >= 11 is 6.14. The summed E-state index contributed by atoms with van der Waals surface area (Å²) in [7, 11) is -4.43. The molecular formula is C36H37ClFN3O6S. The fourth-order valence-electron chi connectivity index (χ4n) is 5.23. The zero-order valence-corrected chi connectivity index (χ0v) is 28.2. The van der Waals surface area contributed by atoms with Crippen LogP contribution in [0.1, 0.15) is 31.4 Å². The summed E-state index contributed by atoms with van der Waals surface area (Å²) in [5.74, 6) is -0.943. The Morgan fingerprint density at radius 1 is 0.896 bits per heavy atom. The van der Waals surface area contributed by atoms with Crippen molar-refractivity contribution in [3.8, 4) is 11.5 Å². The fraction of sp³-hybridized carbons (Fsp3) is 0.278. The summed E-state index contributed by atoms with van der Waals surface area (Å²) in [6.07, 6.45) is 0.842. The predicted molar refractivity (Wildman–Crippen MR) is 182 cm³/mol. The van der Waals surface area contributed by atoms with E-state index in [4.69, 9.17) is 21.1 Å². The Balaban J connectivity index is 1.57. The summed E-state index contributed by atoms with van der Waals surface area (Å²) in [6.45, 7) is 3.70. The summed E-state index contributed by atoms with van der Waals surface area (Å²) in [6, 6.07) is 24.0. The van der Waals surface area contributed by atoms with Crippen molar-refractivity contribution in [2.24, 2.45) is 0 Å². The molecule has 0 saturated carbocycles. The molecular weight excluding hydrogens is 657 g/mol. The average molecular weight is 694 g/mol. The zero-order chi connectivity index (χ0) is 34.3. The topological polar surface area (TPSA) is 105 Å². The highest BCUT2D eigenvalue weighted by Gasteiger charge is 2.35. The van der Waals surface area contributed by atoms with E-state index in [1.54, 1.807) is 24.3 Å². The van der Waals surface area contributed by atoms with Gasteiger partial charge in [-0.2, -0.15) is 0 Å². The number of nitrogens with one attached hydrogen (secondary N) is 1. The number of hydrogen-bond acceptors (Lipinski definition) is 6. The van der Waals surface area contributed by atoms with Gasteiger partial charge in [0, 0.05) is 30.1 Å². The average Bonchev–Trinajstić information content (AvgIpc) is 3.10. The van der Waals surface area contributed by atoms with Gasteiger partial charge in [0.15, 0.2) is 11.5 Å². The van der Waals surface area contributed by atoms with Crippen LogP contribution >= 0.6 is 11.6 Å². The van der Waals surface area contributed by atoms with Gasteiger partial charge in [-0.3, -0.25) is 13.9 Å². The molecule has 1 aliphatic heterocycles. The van der Waals surface area contributed by atoms with E-state index in [9.17, 15) is 22.4 Å². The van der Waals surface area contributed by atoms with E-state index in [0.717, 1.165) is 22.0 Å². The van der Waals surface area contributed by atoms with Crippen molar-refractivity contribution >= 4 is 39.1 Å². The molecule has 9 nitrogen and oxygen atoms in total. The first-order chi connectivity index (χ1) is 23.0. The van der Waals surface area contributed by atoms with Crippen LogP contribution in [-0.4, -0.2) is 57.0 Å². The van der Waals surface area contributed by atoms with Gasteiger partial charge in [-0.05, 0) is 73.0 Å². The fourth-order valence-corrected chi connectivity index (χ4v) is 6.79. The number of carbonyl (C=O) groups excluding carboxylic acids is 2. The van der Waals surface area contributed by atoms with Gasteiger partial charge >= 0.3 is 0 Å². The summed E-state index contributed by atoms with van der Waals surface area (Å²) in [5, 5.41) is 3.50. The Hall–Kier alpha value is -4.61. The van der Waals surface area contributed by atoms with Gasteiger partial charge in [0.1, 0.15) is 31.6 Å². The molecule has 12 heteroatoms. The van der Waals surface area contributed by atoms with Crippen LogP contribution < -0.4 is 19.1 Å². The number of benzene rings is 4. The standard InChI is InChI=1S/C36H37ClFN3O6S/c1-3-25(2)39-36(43)32(21-26-7-5-4-6-8-26)40(23-27-9-11-28(37)12-10-27)35(42)24-41(30-15-13-29(38)14-16-30)48(44,45)31-17-18-33-34(22-31)47-20-19-46-33/h4-18,22,25,32H,3,19-21,23-24H2,1-2H3,(H,39,43)/t25-,32+/m0/s1. The van der Waals surface area contributed by atoms with E-state index in [2.05, 4.69) is 5.32 Å². The molecule has 4 aromatic rings. The molecule has 0 unspecified atom stereocenters. The summed E-state index contributed by atoms with van der Waals surface area (Å²) in [4.78, 5) is 29.7. The number of ether oxygens (including phenoxy) is 2. The molecule has 252 valence electrons. The molecule has 48 heavy (non-hydrogen) atoms. The lowest BCUT2D eigenvalue weighted by atomic mass is 10.0. The van der Waals surface area contributed by atoms with Gasteiger partial charge < -0.3 is 19.7 Å². The second kappa shape index (κ2) is 15.5. The Kier molecular flexibility index (Phi) is 11.2. The molecule has 0 spiro atoms. The van der Waals surface area contributed by atoms with Crippen molar-refractivity contribution in [1.82, 2.24) is 10.2 Å². The molecule has 5 rings (SSSR count). The first-order valence-corrected chi connectivity index (χ1v) is 17.4. The van der Waals surface area contributed by atoms with Crippen LogP contribution in [0.3, 0.4) is 0 Å². The van der Waals surface area contributed by atoms with Crippen molar-refractivity contribution in [2.75, 3.05) is 24.1 Å². The highest BCUT2D eigenvalue weighted by atomic mass is 35.5. The predicted octanol–water partition coefficient (Wildman–Crippen LogP) is 6.00. The van der Waals surface area contributed by atoms with Gasteiger partial charge in [-0.1, -0.05) is 61.0 Å². The van der Waals surface area contributed by atoms with Crippen LogP contribution in [0.15, 0.2) is 102 Å². The van der Waals surface area contributed by atoms with Crippen molar-refractivity contribution in [3.05, 3.63) is 119 Å². The number of rotatable bonds is 13. The second-order valence-electron chi connectivity index (χ2n) is 11.5. The molecule has 1 N–H and O–H groups in total. The molecule has 0 bridgehead atoms. The lowest BCUT2D eigenvalue weighted by Crippen LogP contribution is -2.54. The normalized spacial score (nSPS) is 13.7. The van der Waals surface area contributed by atoms with E-state index in [0.29, 0.717) is 29.4 Å². The van der Waals surface area contributed by atoms with E-state index < -0.39 is 34.3 Å². The van der Waals surface area contributed by atoms with Gasteiger partial charge in [0.2, 0.25) is 11.8 Å². The van der Waals surface area contributed by atoms with Gasteiger partial charge in [-0.15, -0.1) is 0 Å². The quantitative estimate of drug-likeness (QED) is 0.184. The van der Waals surface area contributed by atoms with Gasteiger partial charge in [0.05, 0.1) is 10.6 Å². The molecule has 0 radical (unpaired) electrons. The lowest BCUT2D eigenvalue weighted by Gasteiger charge is -2.34. The molecule has 2 atom stereocenters. The maximum atomic E-state index is 14.6. The third kappa shape index (κ3) is 8.45. The van der Waals surface area contributed by atoms with E-state index >= 15 is 0 Å². The third-order valence-corrected chi connectivity index (χ3v) is 10.1. The minimum atomic E-state index is -4.43. The van der Waals surface area contributed by atoms with Gasteiger partial charge in [0.25, 0.3) is 10.0 Å². The molecule has 1 aliphatic rings. The van der Waals surface area contributed by atoms with Crippen molar-refractivity contribution < 1.29 is 31.9 Å². The van der Waals surface area contributed by atoms with Crippen molar-refractivity contribution in [3.63, 3.8) is 0 Å². The molecule has 0 aliphatic carbocycles. The minimum absolute atomic E-state index is 0.0112. The molecule has 1 heterocycles. The molecule has 4 aromatic carbocycles. The highest BCUT2D eigenvalue weighted by molar-refractivity contribution is 7.92. The van der Waals surface area contributed by atoms with Crippen molar-refractivity contribution in [2.45, 2.75) is 50.2 Å². The molecule has 0 fully saturated rings. The van der Waals surface area contributed by atoms with Crippen LogP contribution in [0.5, 0.6) is 11.5 Å². The number of nitrogens with zero attached hydrogens (tertiary/aromatic N) is 2. The van der Waals surface area contributed by atoms with E-state index in [1.807, 2.05) is 44.2 Å². The first kappa shape index (κ1) is 34.7. The van der Waals surface area contributed by atoms with E-state index in [1.165, 1.54) is 35.2 Å². The molecule has 2 amide bonds. The molecule has 0 aromatic heterocycles. The largest absolute Gasteiger partial charge is 0.486 e. The smallest absolute Gasteiger partial charge is 0.264 e. The summed E-state index contributed by atoms with van der Waals surface area (Å²) in [5.41, 5.74) is 1.56. The number of halogens is 2. The number of fused-ring (bicyclic) bond motifs is 1. The van der Waals surface area contributed by atoms with E-state index in [-0.39, 0.29) is 47.9 Å². The van der Waals surface area contributed by atoms with Crippen LogP contribution in [0.25, 0.3) is 0 Å². The highest BCUT2D eigenvalue weighted by Crippen LogP contribution is 2.34. The Morgan fingerprint density at radius 2 is 1.56 bits per heavy atom. The number of sulfonamides is 1.